The maximum atomic E-state index is 13.1. The van der Waals surface area contributed by atoms with E-state index in [1.54, 1.807) is 12.1 Å². The molecule has 1 atom stereocenters. The van der Waals surface area contributed by atoms with Crippen LogP contribution in [0.2, 0.25) is 0 Å². The molecule has 0 aliphatic carbocycles. The fraction of sp³-hybridized carbons (Fsp3) is 0.364. The maximum absolute atomic E-state index is 13.1. The van der Waals surface area contributed by atoms with Crippen molar-refractivity contribution in [1.82, 2.24) is 10.2 Å². The van der Waals surface area contributed by atoms with Crippen LogP contribution in [0.1, 0.15) is 44.7 Å². The van der Waals surface area contributed by atoms with E-state index in [0.29, 0.717) is 22.6 Å². The predicted molar refractivity (Wildman–Crippen MR) is 111 cm³/mol. The Balaban J connectivity index is 0.00000261. The molecular weight excluding hydrogens is 360 g/mol. The number of carbonyl (C=O) groups excluding carboxylic acids is 2. The van der Waals surface area contributed by atoms with Crippen LogP contribution < -0.4 is 5.32 Å². The van der Waals surface area contributed by atoms with Gasteiger partial charge in [0, 0.05) is 24.2 Å². The van der Waals surface area contributed by atoms with Gasteiger partial charge in [-0.25, -0.2) is 0 Å². The summed E-state index contributed by atoms with van der Waals surface area (Å²) in [5.74, 6) is 0.331. The number of nitrogens with zero attached hydrogens (tertiary/aromatic N) is 1. The Morgan fingerprint density at radius 2 is 1.74 bits per heavy atom. The van der Waals surface area contributed by atoms with Crippen molar-refractivity contribution in [3.05, 3.63) is 70.8 Å². The first kappa shape index (κ1) is 21.1. The highest BCUT2D eigenvalue weighted by Crippen LogP contribution is 2.21. The van der Waals surface area contributed by atoms with Gasteiger partial charge in [0.15, 0.2) is 5.78 Å². The molecule has 1 N–H and O–H groups in total. The summed E-state index contributed by atoms with van der Waals surface area (Å²) >= 11 is 0. The quantitative estimate of drug-likeness (QED) is 0.797. The van der Waals surface area contributed by atoms with Crippen molar-refractivity contribution in [3.63, 3.8) is 0 Å². The zero-order valence-electron chi connectivity index (χ0n) is 15.9. The zero-order chi connectivity index (χ0) is 18.5. The Labute approximate surface area is 167 Å². The second-order valence-corrected chi connectivity index (χ2v) is 7.06. The van der Waals surface area contributed by atoms with Gasteiger partial charge in [-0.15, -0.1) is 12.4 Å². The summed E-state index contributed by atoms with van der Waals surface area (Å²) in [7, 11) is 1.94. The van der Waals surface area contributed by atoms with E-state index in [1.807, 2.05) is 55.3 Å². The molecule has 0 radical (unpaired) electrons. The smallest absolute Gasteiger partial charge is 0.254 e. The van der Waals surface area contributed by atoms with Crippen LogP contribution in [0.25, 0.3) is 0 Å². The molecule has 0 spiro atoms. The summed E-state index contributed by atoms with van der Waals surface area (Å²) in [4.78, 5) is 28.0. The van der Waals surface area contributed by atoms with Crippen molar-refractivity contribution < 1.29 is 9.59 Å². The summed E-state index contributed by atoms with van der Waals surface area (Å²) in [5, 5.41) is 3.20. The summed E-state index contributed by atoms with van der Waals surface area (Å²) in [6.07, 6.45) is 2.14. The minimum atomic E-state index is -0.0993. The number of amides is 1. The van der Waals surface area contributed by atoms with Gasteiger partial charge < -0.3 is 10.2 Å². The third-order valence-corrected chi connectivity index (χ3v) is 5.01. The first-order valence-corrected chi connectivity index (χ1v) is 9.24. The molecule has 2 aromatic carbocycles. The molecule has 0 aromatic heterocycles. The number of likely N-dealkylation sites (tertiary alicyclic amines) is 1. The lowest BCUT2D eigenvalue weighted by Gasteiger charge is -2.33. The molecule has 2 aromatic rings. The number of hydrogen-bond acceptors (Lipinski definition) is 3. The number of carbonyl (C=O) groups is 2. The zero-order valence-corrected chi connectivity index (χ0v) is 16.7. The van der Waals surface area contributed by atoms with Gasteiger partial charge in [-0.3, -0.25) is 9.59 Å². The average molecular weight is 387 g/mol. The molecule has 1 saturated heterocycles. The van der Waals surface area contributed by atoms with E-state index in [9.17, 15) is 9.59 Å². The lowest BCUT2D eigenvalue weighted by atomic mass is 9.94. The number of rotatable bonds is 5. The second kappa shape index (κ2) is 9.67. The number of benzene rings is 2. The van der Waals surface area contributed by atoms with Crippen LogP contribution >= 0.6 is 12.4 Å². The normalized spacial score (nSPS) is 16.5. The van der Waals surface area contributed by atoms with Crippen LogP contribution in [-0.2, 0) is 0 Å². The van der Waals surface area contributed by atoms with Crippen LogP contribution in [-0.4, -0.2) is 43.3 Å². The molecule has 0 bridgehead atoms. The molecule has 1 aliphatic rings. The summed E-state index contributed by atoms with van der Waals surface area (Å²) < 4.78 is 0. The lowest BCUT2D eigenvalue weighted by molar-refractivity contribution is 0.0671. The number of hydrogen-bond donors (Lipinski definition) is 1. The molecule has 5 heteroatoms. The molecule has 144 valence electrons. The highest BCUT2D eigenvalue weighted by molar-refractivity contribution is 6.15. The number of aryl methyl sites for hydroxylation is 1. The molecule has 4 nitrogen and oxygen atoms in total. The third kappa shape index (κ3) is 4.96. The standard InChI is InChI=1S/C22H26N2O2.ClH/c1-16-9-11-18(12-10-16)21(25)19-7-3-4-8-20(19)22(26)24-13-5-6-17(15-24)14-23-2;/h3-4,7-12,17,23H,5-6,13-15H2,1-2H3;1H. The molecule has 1 heterocycles. The van der Waals surface area contributed by atoms with Crippen molar-refractivity contribution in [3.8, 4) is 0 Å². The van der Waals surface area contributed by atoms with Crippen molar-refractivity contribution in [2.45, 2.75) is 19.8 Å². The fourth-order valence-electron chi connectivity index (χ4n) is 3.60. The van der Waals surface area contributed by atoms with Gasteiger partial charge >= 0.3 is 0 Å². The topological polar surface area (TPSA) is 49.4 Å². The SMILES string of the molecule is CNCC1CCCN(C(=O)c2ccccc2C(=O)c2ccc(C)cc2)C1.Cl. The van der Waals surface area contributed by atoms with Crippen molar-refractivity contribution >= 4 is 24.1 Å². The summed E-state index contributed by atoms with van der Waals surface area (Å²) in [6, 6.07) is 14.7. The van der Waals surface area contributed by atoms with E-state index >= 15 is 0 Å². The van der Waals surface area contributed by atoms with Crippen LogP contribution in [0.5, 0.6) is 0 Å². The van der Waals surface area contributed by atoms with Gasteiger partial charge in [0.2, 0.25) is 0 Å². The Morgan fingerprint density at radius 3 is 2.41 bits per heavy atom. The van der Waals surface area contributed by atoms with Crippen molar-refractivity contribution in [2.24, 2.45) is 5.92 Å². The number of piperidine rings is 1. The van der Waals surface area contributed by atoms with Gasteiger partial charge in [0.1, 0.15) is 0 Å². The number of ketones is 1. The van der Waals surface area contributed by atoms with Crippen molar-refractivity contribution in [1.29, 1.82) is 0 Å². The largest absolute Gasteiger partial charge is 0.338 e. The van der Waals surface area contributed by atoms with Crippen LogP contribution in [0.3, 0.4) is 0 Å². The molecule has 1 amide bonds. The van der Waals surface area contributed by atoms with Crippen molar-refractivity contribution in [2.75, 3.05) is 26.7 Å². The maximum Gasteiger partial charge on any atom is 0.254 e. The van der Waals surface area contributed by atoms with Crippen LogP contribution in [0, 0.1) is 12.8 Å². The van der Waals surface area contributed by atoms with Gasteiger partial charge in [-0.05, 0) is 45.3 Å². The molecule has 1 fully saturated rings. The van der Waals surface area contributed by atoms with Crippen LogP contribution in [0.4, 0.5) is 0 Å². The molecular formula is C22H27ClN2O2. The molecule has 0 saturated carbocycles. The fourth-order valence-corrected chi connectivity index (χ4v) is 3.60. The number of nitrogens with one attached hydrogen (secondary N) is 1. The highest BCUT2D eigenvalue weighted by atomic mass is 35.5. The first-order chi connectivity index (χ1) is 12.6. The summed E-state index contributed by atoms with van der Waals surface area (Å²) in [5.41, 5.74) is 2.71. The minimum Gasteiger partial charge on any atom is -0.338 e. The van der Waals surface area contributed by atoms with Crippen LogP contribution in [0.15, 0.2) is 48.5 Å². The lowest BCUT2D eigenvalue weighted by Crippen LogP contribution is -2.42. The Bertz CT molecular complexity index is 787. The highest BCUT2D eigenvalue weighted by Gasteiger charge is 2.27. The van der Waals surface area contributed by atoms with E-state index in [1.165, 1.54) is 0 Å². The number of halogens is 1. The first-order valence-electron chi connectivity index (χ1n) is 9.24. The average Bonchev–Trinajstić information content (AvgIpc) is 2.68. The molecule has 1 unspecified atom stereocenters. The summed E-state index contributed by atoms with van der Waals surface area (Å²) in [6.45, 7) is 4.40. The molecule has 27 heavy (non-hydrogen) atoms. The predicted octanol–water partition coefficient (Wildman–Crippen LogP) is 3.72. The Kier molecular flexibility index (Phi) is 7.57. The van der Waals surface area contributed by atoms with E-state index in [2.05, 4.69) is 5.32 Å². The van der Waals surface area contributed by atoms with Gasteiger partial charge in [0.25, 0.3) is 5.91 Å². The van der Waals surface area contributed by atoms with Gasteiger partial charge in [-0.2, -0.15) is 0 Å². The Hall–Kier alpha value is -2.17. The second-order valence-electron chi connectivity index (χ2n) is 7.06. The van der Waals surface area contributed by atoms with E-state index < -0.39 is 0 Å². The van der Waals surface area contributed by atoms with E-state index in [0.717, 1.165) is 38.0 Å². The van der Waals surface area contributed by atoms with E-state index in [4.69, 9.17) is 0 Å². The minimum absolute atomic E-state index is 0. The monoisotopic (exact) mass is 386 g/mol. The third-order valence-electron chi connectivity index (χ3n) is 5.01. The molecule has 1 aliphatic heterocycles. The van der Waals surface area contributed by atoms with Gasteiger partial charge in [-0.1, -0.05) is 48.0 Å². The van der Waals surface area contributed by atoms with Gasteiger partial charge in [0.05, 0.1) is 5.56 Å². The van der Waals surface area contributed by atoms with E-state index in [-0.39, 0.29) is 24.1 Å². The molecule has 3 rings (SSSR count). The Morgan fingerprint density at radius 1 is 1.07 bits per heavy atom.